The number of nitrogens with two attached hydrogens (primary N) is 1. The number of nitrogen functional groups attached to an aromatic ring is 1. The summed E-state index contributed by atoms with van der Waals surface area (Å²) in [6, 6.07) is 19.3. The smallest absolute Gasteiger partial charge is 0.380 e. The number of nitrogens with zero attached hydrogens (tertiary/aromatic N) is 5. The van der Waals surface area contributed by atoms with Crippen molar-refractivity contribution in [1.29, 1.82) is 0 Å². The Labute approximate surface area is 227 Å². The first kappa shape index (κ1) is 25.6. The summed E-state index contributed by atoms with van der Waals surface area (Å²) in [6.45, 7) is 1.07. The standard InChI is InChI=1S/C29H25F3N6O2/c1-36(2)16-19-5-3-4-6-21(19)18-8-7-17-11-12-37(23(17)13-18)28(39)24-15-26(29(30,31)32)34-38(24)20-9-10-25-22(14-20)27(33)35-40-25/h3-10,13-15H,11-12,16H2,1-2H3,(H2,33,35). The zero-order valence-corrected chi connectivity index (χ0v) is 21.7. The van der Waals surface area contributed by atoms with Crippen LogP contribution in [0.5, 0.6) is 0 Å². The Hall–Kier alpha value is -4.64. The van der Waals surface area contributed by atoms with Crippen LogP contribution in [0.15, 0.2) is 71.3 Å². The summed E-state index contributed by atoms with van der Waals surface area (Å²) in [5.74, 6) is -0.498. The fourth-order valence-corrected chi connectivity index (χ4v) is 5.12. The van der Waals surface area contributed by atoms with Gasteiger partial charge in [0.2, 0.25) is 0 Å². The van der Waals surface area contributed by atoms with E-state index in [4.69, 9.17) is 10.3 Å². The first-order chi connectivity index (χ1) is 19.1. The zero-order chi connectivity index (χ0) is 28.2. The van der Waals surface area contributed by atoms with E-state index in [0.29, 0.717) is 29.6 Å². The quantitative estimate of drug-likeness (QED) is 0.311. The van der Waals surface area contributed by atoms with Gasteiger partial charge in [0.15, 0.2) is 17.1 Å². The first-order valence-electron chi connectivity index (χ1n) is 12.6. The molecular weight excluding hydrogens is 521 g/mol. The third-order valence-electron chi connectivity index (χ3n) is 6.99. The number of amides is 1. The summed E-state index contributed by atoms with van der Waals surface area (Å²) in [7, 11) is 3.99. The Bertz CT molecular complexity index is 1750. The third-order valence-corrected chi connectivity index (χ3v) is 6.99. The second kappa shape index (κ2) is 9.53. The van der Waals surface area contributed by atoms with Crippen molar-refractivity contribution in [3.63, 3.8) is 0 Å². The SMILES string of the molecule is CN(C)Cc1ccccc1-c1ccc2c(c1)N(C(=O)c1cc(C(F)(F)F)nn1-c1ccc3onc(N)c3c1)CC2. The van der Waals surface area contributed by atoms with Gasteiger partial charge in [-0.05, 0) is 67.0 Å². The maximum atomic E-state index is 13.9. The largest absolute Gasteiger partial charge is 0.435 e. The number of alkyl halides is 3. The van der Waals surface area contributed by atoms with Crippen molar-refractivity contribution in [2.45, 2.75) is 19.1 Å². The van der Waals surface area contributed by atoms with E-state index >= 15 is 0 Å². The van der Waals surface area contributed by atoms with Crippen molar-refractivity contribution in [2.75, 3.05) is 31.3 Å². The second-order valence-electron chi connectivity index (χ2n) is 10.0. The van der Waals surface area contributed by atoms with Gasteiger partial charge in [-0.3, -0.25) is 4.79 Å². The van der Waals surface area contributed by atoms with Crippen LogP contribution in [0.2, 0.25) is 0 Å². The second-order valence-corrected chi connectivity index (χ2v) is 10.0. The van der Waals surface area contributed by atoms with Crippen LogP contribution < -0.4 is 10.6 Å². The number of carbonyl (C=O) groups is 1. The van der Waals surface area contributed by atoms with Gasteiger partial charge in [-0.25, -0.2) is 4.68 Å². The van der Waals surface area contributed by atoms with E-state index in [1.807, 2.05) is 50.5 Å². The molecule has 0 spiro atoms. The highest BCUT2D eigenvalue weighted by molar-refractivity contribution is 6.07. The number of anilines is 2. The van der Waals surface area contributed by atoms with Crippen LogP contribution in [0.25, 0.3) is 27.8 Å². The maximum absolute atomic E-state index is 13.9. The molecule has 2 N–H and O–H groups in total. The summed E-state index contributed by atoms with van der Waals surface area (Å²) in [6.07, 6.45) is -4.16. The molecule has 204 valence electrons. The molecule has 8 nitrogen and oxygen atoms in total. The molecule has 0 aliphatic carbocycles. The lowest BCUT2D eigenvalue weighted by Crippen LogP contribution is -2.30. The Balaban J connectivity index is 1.43. The van der Waals surface area contributed by atoms with Gasteiger partial charge in [0.1, 0.15) is 5.69 Å². The van der Waals surface area contributed by atoms with Crippen LogP contribution in [0.1, 0.15) is 27.3 Å². The number of hydrogen-bond donors (Lipinski definition) is 1. The Morgan fingerprint density at radius 2 is 1.88 bits per heavy atom. The summed E-state index contributed by atoms with van der Waals surface area (Å²) in [4.78, 5) is 17.5. The molecule has 6 rings (SSSR count). The molecule has 0 unspecified atom stereocenters. The van der Waals surface area contributed by atoms with Gasteiger partial charge in [-0.1, -0.05) is 41.6 Å². The molecule has 0 saturated heterocycles. The van der Waals surface area contributed by atoms with E-state index in [1.54, 1.807) is 0 Å². The molecule has 5 aromatic rings. The lowest BCUT2D eigenvalue weighted by molar-refractivity contribution is -0.141. The van der Waals surface area contributed by atoms with E-state index in [9.17, 15) is 18.0 Å². The number of hydrogen-bond acceptors (Lipinski definition) is 6. The molecule has 0 saturated carbocycles. The van der Waals surface area contributed by atoms with E-state index in [-0.39, 0.29) is 17.2 Å². The number of fused-ring (bicyclic) bond motifs is 2. The van der Waals surface area contributed by atoms with Crippen molar-refractivity contribution in [1.82, 2.24) is 19.8 Å². The van der Waals surface area contributed by atoms with E-state index in [2.05, 4.69) is 21.2 Å². The van der Waals surface area contributed by atoms with Crippen molar-refractivity contribution in [3.8, 4) is 16.8 Å². The van der Waals surface area contributed by atoms with Crippen LogP contribution in [0.3, 0.4) is 0 Å². The predicted octanol–water partition coefficient (Wildman–Crippen LogP) is 5.55. The Kier molecular flexibility index (Phi) is 6.10. The molecule has 0 radical (unpaired) electrons. The molecule has 1 aliphatic heterocycles. The van der Waals surface area contributed by atoms with Crippen molar-refractivity contribution < 1.29 is 22.5 Å². The Morgan fingerprint density at radius 1 is 1.07 bits per heavy atom. The minimum Gasteiger partial charge on any atom is -0.380 e. The highest BCUT2D eigenvalue weighted by atomic mass is 19.4. The average Bonchev–Trinajstić information content (AvgIpc) is 3.65. The lowest BCUT2D eigenvalue weighted by atomic mass is 9.97. The molecular formula is C29H25F3N6O2. The van der Waals surface area contributed by atoms with Crippen LogP contribution in [-0.4, -0.2) is 46.4 Å². The highest BCUT2D eigenvalue weighted by Crippen LogP contribution is 2.37. The summed E-state index contributed by atoms with van der Waals surface area (Å²) in [5.41, 5.74) is 9.77. The van der Waals surface area contributed by atoms with Crippen LogP contribution in [0, 0.1) is 0 Å². The normalized spacial score (nSPS) is 13.4. The fourth-order valence-electron chi connectivity index (χ4n) is 5.12. The van der Waals surface area contributed by atoms with Crippen LogP contribution in [0.4, 0.5) is 24.7 Å². The number of carbonyl (C=O) groups excluding carboxylic acids is 1. The van der Waals surface area contributed by atoms with Crippen LogP contribution >= 0.6 is 0 Å². The maximum Gasteiger partial charge on any atom is 0.435 e. The topological polar surface area (TPSA) is 93.4 Å². The van der Waals surface area contributed by atoms with E-state index in [0.717, 1.165) is 39.5 Å². The fraction of sp³-hybridized carbons (Fsp3) is 0.207. The third kappa shape index (κ3) is 4.47. The monoisotopic (exact) mass is 546 g/mol. The minimum absolute atomic E-state index is 0.0866. The molecule has 2 aromatic heterocycles. The predicted molar refractivity (Wildman–Crippen MR) is 145 cm³/mol. The summed E-state index contributed by atoms with van der Waals surface area (Å²) < 4.78 is 47.4. The van der Waals surface area contributed by atoms with Gasteiger partial charge in [0.25, 0.3) is 5.91 Å². The average molecular weight is 547 g/mol. The van der Waals surface area contributed by atoms with Gasteiger partial charge in [0, 0.05) is 24.8 Å². The van der Waals surface area contributed by atoms with Gasteiger partial charge in [-0.15, -0.1) is 0 Å². The highest BCUT2D eigenvalue weighted by Gasteiger charge is 2.38. The minimum atomic E-state index is -4.74. The number of aromatic nitrogens is 3. The Morgan fingerprint density at radius 3 is 2.65 bits per heavy atom. The molecule has 40 heavy (non-hydrogen) atoms. The first-order valence-corrected chi connectivity index (χ1v) is 12.6. The molecule has 3 aromatic carbocycles. The van der Waals surface area contributed by atoms with E-state index in [1.165, 1.54) is 23.1 Å². The van der Waals surface area contributed by atoms with Gasteiger partial charge >= 0.3 is 6.18 Å². The molecule has 0 fully saturated rings. The molecule has 11 heteroatoms. The van der Waals surface area contributed by atoms with Crippen molar-refractivity contribution in [2.24, 2.45) is 0 Å². The number of rotatable bonds is 5. The number of benzene rings is 3. The summed E-state index contributed by atoms with van der Waals surface area (Å²) in [5, 5.41) is 7.87. The van der Waals surface area contributed by atoms with Gasteiger partial charge in [-0.2, -0.15) is 18.3 Å². The zero-order valence-electron chi connectivity index (χ0n) is 21.7. The molecule has 1 amide bonds. The van der Waals surface area contributed by atoms with Crippen molar-refractivity contribution >= 4 is 28.4 Å². The molecule has 0 atom stereocenters. The van der Waals surface area contributed by atoms with E-state index < -0.39 is 17.8 Å². The van der Waals surface area contributed by atoms with Gasteiger partial charge in [0.05, 0.1) is 11.1 Å². The molecule has 3 heterocycles. The van der Waals surface area contributed by atoms with Crippen molar-refractivity contribution in [3.05, 3.63) is 89.2 Å². The van der Waals surface area contributed by atoms with Gasteiger partial charge < -0.3 is 20.1 Å². The molecule has 1 aliphatic rings. The lowest BCUT2D eigenvalue weighted by Gasteiger charge is -2.20. The summed E-state index contributed by atoms with van der Waals surface area (Å²) >= 11 is 0. The molecule has 0 bridgehead atoms. The number of halogens is 3. The van der Waals surface area contributed by atoms with Crippen LogP contribution in [-0.2, 0) is 19.1 Å².